The van der Waals surface area contributed by atoms with Crippen LogP contribution in [0.5, 0.6) is 5.88 Å². The Balaban J connectivity index is 1.75. The van der Waals surface area contributed by atoms with E-state index in [0.717, 1.165) is 11.6 Å². The summed E-state index contributed by atoms with van der Waals surface area (Å²) in [6.07, 6.45) is 0.381. The van der Waals surface area contributed by atoms with E-state index in [0.29, 0.717) is 41.4 Å². The minimum Gasteiger partial charge on any atom is -0.481 e. The van der Waals surface area contributed by atoms with Crippen LogP contribution in [0.3, 0.4) is 0 Å². The third-order valence-corrected chi connectivity index (χ3v) is 8.38. The summed E-state index contributed by atoms with van der Waals surface area (Å²) in [7, 11) is -1.56. The van der Waals surface area contributed by atoms with E-state index in [9.17, 15) is 17.2 Å². The topological polar surface area (TPSA) is 94.1 Å². The van der Waals surface area contributed by atoms with Crippen molar-refractivity contribution in [1.29, 1.82) is 0 Å². The second-order valence-electron chi connectivity index (χ2n) is 9.14. The standard InChI is InChI=1S/C25H29F3N4O3S/c1-5-25(27,28)20-8-6-7-17(21(20)26)14(2)29-22-19-13-18(16-9-11-36(33,34)12-10-16)24(35-4)32-23(19)31-15(3)30-22/h6-8,13-14,16H,5,9-12H2,1-4H3,(H,29,30,31,32)/t14-/m1/s1. The van der Waals surface area contributed by atoms with Crippen LogP contribution < -0.4 is 10.1 Å². The highest BCUT2D eigenvalue weighted by Crippen LogP contribution is 2.38. The first-order valence-electron chi connectivity index (χ1n) is 11.8. The van der Waals surface area contributed by atoms with Gasteiger partial charge >= 0.3 is 0 Å². The van der Waals surface area contributed by atoms with Gasteiger partial charge in [0.1, 0.15) is 27.3 Å². The van der Waals surface area contributed by atoms with Crippen LogP contribution in [0.1, 0.15) is 67.6 Å². The number of hydrogen-bond donors (Lipinski definition) is 1. The van der Waals surface area contributed by atoms with Gasteiger partial charge in [-0.1, -0.05) is 25.1 Å². The number of nitrogens with one attached hydrogen (secondary N) is 1. The number of halogens is 3. The second-order valence-corrected chi connectivity index (χ2v) is 11.4. The Hall–Kier alpha value is -2.95. The van der Waals surface area contributed by atoms with Gasteiger partial charge in [0, 0.05) is 17.5 Å². The highest BCUT2D eigenvalue weighted by Gasteiger charge is 2.34. The second kappa shape index (κ2) is 9.84. The third-order valence-electron chi connectivity index (χ3n) is 6.67. The molecule has 194 valence electrons. The molecule has 0 unspecified atom stereocenters. The third kappa shape index (κ3) is 5.11. The average molecular weight is 523 g/mol. The lowest BCUT2D eigenvalue weighted by molar-refractivity contribution is -0.0119. The number of ether oxygens (including phenoxy) is 1. The molecule has 4 rings (SSSR count). The van der Waals surface area contributed by atoms with Gasteiger partial charge in [-0.25, -0.2) is 31.6 Å². The number of hydrogen-bond acceptors (Lipinski definition) is 7. The molecule has 3 heterocycles. The van der Waals surface area contributed by atoms with Crippen molar-refractivity contribution in [3.8, 4) is 5.88 Å². The smallest absolute Gasteiger partial charge is 0.275 e. The lowest BCUT2D eigenvalue weighted by Crippen LogP contribution is -2.22. The fourth-order valence-electron chi connectivity index (χ4n) is 4.57. The van der Waals surface area contributed by atoms with Crippen LogP contribution in [0.25, 0.3) is 11.0 Å². The van der Waals surface area contributed by atoms with Gasteiger partial charge in [-0.2, -0.15) is 4.98 Å². The van der Waals surface area contributed by atoms with Crippen molar-refractivity contribution in [3.05, 3.63) is 52.6 Å². The lowest BCUT2D eigenvalue weighted by Gasteiger charge is -2.24. The molecule has 0 saturated carbocycles. The highest BCUT2D eigenvalue weighted by atomic mass is 32.2. The number of aromatic nitrogens is 3. The molecule has 0 spiro atoms. The molecule has 11 heteroatoms. The fraction of sp³-hybridized carbons (Fsp3) is 0.480. The summed E-state index contributed by atoms with van der Waals surface area (Å²) < 4.78 is 73.0. The SMILES string of the molecule is CCC(F)(F)c1cccc([C@@H](C)Nc2nc(C)nc3nc(OC)c(C4CCS(=O)(=O)CC4)cc23)c1F. The predicted octanol–water partition coefficient (Wildman–Crippen LogP) is 5.45. The average Bonchev–Trinajstić information content (AvgIpc) is 2.83. The summed E-state index contributed by atoms with van der Waals surface area (Å²) in [6.45, 7) is 4.66. The molecule has 1 N–H and O–H groups in total. The van der Waals surface area contributed by atoms with Crippen molar-refractivity contribution in [1.82, 2.24) is 15.0 Å². The molecule has 1 aliphatic rings. The van der Waals surface area contributed by atoms with Crippen molar-refractivity contribution in [3.63, 3.8) is 0 Å². The lowest BCUT2D eigenvalue weighted by atomic mass is 9.93. The van der Waals surface area contributed by atoms with Crippen molar-refractivity contribution in [2.45, 2.75) is 57.9 Å². The van der Waals surface area contributed by atoms with Crippen molar-refractivity contribution in [2.75, 3.05) is 23.9 Å². The first-order valence-corrected chi connectivity index (χ1v) is 13.6. The van der Waals surface area contributed by atoms with E-state index in [-0.39, 0.29) is 23.0 Å². The molecular weight excluding hydrogens is 493 g/mol. The summed E-state index contributed by atoms with van der Waals surface area (Å²) in [5, 5.41) is 3.70. The van der Waals surface area contributed by atoms with Crippen LogP contribution >= 0.6 is 0 Å². The fourth-order valence-corrected chi connectivity index (χ4v) is 6.06. The van der Waals surface area contributed by atoms with Crippen LogP contribution in [-0.4, -0.2) is 42.0 Å². The number of methoxy groups -OCH3 is 1. The quantitative estimate of drug-likeness (QED) is 0.441. The predicted molar refractivity (Wildman–Crippen MR) is 132 cm³/mol. The molecular formula is C25H29F3N4O3S. The Morgan fingerprint density at radius 1 is 1.19 bits per heavy atom. The number of fused-ring (bicyclic) bond motifs is 1. The first kappa shape index (κ1) is 26.1. The Kier molecular flexibility index (Phi) is 7.14. The van der Waals surface area contributed by atoms with Gasteiger partial charge < -0.3 is 10.1 Å². The molecule has 0 bridgehead atoms. The highest BCUT2D eigenvalue weighted by molar-refractivity contribution is 7.91. The molecule has 1 aliphatic heterocycles. The summed E-state index contributed by atoms with van der Waals surface area (Å²) in [5.41, 5.74) is 0.553. The summed E-state index contributed by atoms with van der Waals surface area (Å²) in [4.78, 5) is 13.4. The minimum atomic E-state index is -3.28. The molecule has 2 aromatic heterocycles. The Bertz CT molecular complexity index is 1390. The maximum Gasteiger partial charge on any atom is 0.275 e. The summed E-state index contributed by atoms with van der Waals surface area (Å²) >= 11 is 0. The zero-order chi connectivity index (χ0) is 26.3. The van der Waals surface area contributed by atoms with Gasteiger partial charge in [-0.05, 0) is 38.7 Å². The molecule has 0 radical (unpaired) electrons. The maximum atomic E-state index is 15.1. The van der Waals surface area contributed by atoms with E-state index < -0.39 is 39.6 Å². The van der Waals surface area contributed by atoms with Crippen LogP contribution in [-0.2, 0) is 15.8 Å². The number of nitrogens with zero attached hydrogens (tertiary/aromatic N) is 3. The van der Waals surface area contributed by atoms with Crippen molar-refractivity contribution >= 4 is 26.7 Å². The van der Waals surface area contributed by atoms with Gasteiger partial charge in [-0.3, -0.25) is 0 Å². The molecule has 1 fully saturated rings. The Morgan fingerprint density at radius 3 is 2.53 bits per heavy atom. The molecule has 0 aliphatic carbocycles. The van der Waals surface area contributed by atoms with E-state index >= 15 is 4.39 Å². The largest absolute Gasteiger partial charge is 0.481 e. The van der Waals surface area contributed by atoms with Crippen molar-refractivity contribution < 1.29 is 26.3 Å². The number of sulfone groups is 1. The molecule has 36 heavy (non-hydrogen) atoms. The van der Waals surface area contributed by atoms with E-state index in [1.54, 1.807) is 13.8 Å². The Labute approximate surface area is 208 Å². The van der Waals surface area contributed by atoms with Crippen LogP contribution in [0, 0.1) is 12.7 Å². The van der Waals surface area contributed by atoms with Crippen LogP contribution in [0.2, 0.25) is 0 Å². The molecule has 3 aromatic rings. The number of rotatable bonds is 7. The van der Waals surface area contributed by atoms with Gasteiger partial charge in [0.25, 0.3) is 5.92 Å². The van der Waals surface area contributed by atoms with Crippen LogP contribution in [0.15, 0.2) is 24.3 Å². The number of benzene rings is 1. The minimum absolute atomic E-state index is 0.0719. The Morgan fingerprint density at radius 2 is 1.89 bits per heavy atom. The number of pyridine rings is 1. The first-order chi connectivity index (χ1) is 17.0. The molecule has 1 saturated heterocycles. The summed E-state index contributed by atoms with van der Waals surface area (Å²) in [6, 6.07) is 5.12. The van der Waals surface area contributed by atoms with E-state index in [4.69, 9.17) is 4.74 Å². The van der Waals surface area contributed by atoms with E-state index in [1.807, 2.05) is 6.07 Å². The summed E-state index contributed by atoms with van der Waals surface area (Å²) in [5.74, 6) is -2.98. The number of anilines is 1. The van der Waals surface area contributed by atoms with E-state index in [2.05, 4.69) is 20.3 Å². The van der Waals surface area contributed by atoms with Gasteiger partial charge in [0.2, 0.25) is 5.88 Å². The molecule has 7 nitrogen and oxygen atoms in total. The van der Waals surface area contributed by atoms with Gasteiger partial charge in [0.15, 0.2) is 5.65 Å². The molecule has 1 atom stereocenters. The van der Waals surface area contributed by atoms with Crippen molar-refractivity contribution in [2.24, 2.45) is 0 Å². The van der Waals surface area contributed by atoms with E-state index in [1.165, 1.54) is 26.2 Å². The van der Waals surface area contributed by atoms with Crippen LogP contribution in [0.4, 0.5) is 19.0 Å². The van der Waals surface area contributed by atoms with Gasteiger partial charge in [0.05, 0.1) is 35.6 Å². The van der Waals surface area contributed by atoms with Gasteiger partial charge in [-0.15, -0.1) is 0 Å². The monoisotopic (exact) mass is 522 g/mol. The zero-order valence-corrected chi connectivity index (χ0v) is 21.4. The number of aryl methyl sites for hydroxylation is 1. The zero-order valence-electron chi connectivity index (χ0n) is 20.6. The number of alkyl halides is 2. The molecule has 0 amide bonds. The molecule has 1 aromatic carbocycles. The normalized spacial score (nSPS) is 17.2. The maximum absolute atomic E-state index is 15.1.